The Bertz CT molecular complexity index is 691. The summed E-state index contributed by atoms with van der Waals surface area (Å²) in [7, 11) is 0. The summed E-state index contributed by atoms with van der Waals surface area (Å²) < 4.78 is 0. The van der Waals surface area contributed by atoms with Crippen molar-refractivity contribution in [1.82, 2.24) is 15.2 Å². The molecule has 1 amide bonds. The number of hydrogen-bond donors (Lipinski definition) is 2. The Hall–Kier alpha value is -1.81. The van der Waals surface area contributed by atoms with Crippen LogP contribution in [-0.2, 0) is 6.42 Å². The predicted octanol–water partition coefficient (Wildman–Crippen LogP) is 2.55. The van der Waals surface area contributed by atoms with Crippen LogP contribution in [0.5, 0.6) is 0 Å². The standard InChI is InChI=1S/C18H23N3O/c1-2-13-14-7-3-4-8-15(14)20-17(13)18(22)21-10-12-6-5-9-19-16(12)11-21/h3-4,7-8,12,16,19-20H,2,5-6,9-11H2,1H3/t12-,16+/m0/s1. The molecule has 0 spiro atoms. The first kappa shape index (κ1) is 13.8. The SMILES string of the molecule is CCc1c(C(=O)N2C[C@@H]3CCCN[C@@H]3C2)[nH]c2ccccc12. The number of para-hydroxylation sites is 1. The van der Waals surface area contributed by atoms with Crippen molar-refractivity contribution in [3.63, 3.8) is 0 Å². The fraction of sp³-hybridized carbons (Fsp3) is 0.500. The molecule has 1 aromatic heterocycles. The van der Waals surface area contributed by atoms with E-state index in [2.05, 4.69) is 29.4 Å². The van der Waals surface area contributed by atoms with E-state index in [0.717, 1.165) is 42.8 Å². The monoisotopic (exact) mass is 297 g/mol. The van der Waals surface area contributed by atoms with E-state index >= 15 is 0 Å². The average molecular weight is 297 g/mol. The van der Waals surface area contributed by atoms with Crippen molar-refractivity contribution in [2.75, 3.05) is 19.6 Å². The molecule has 2 saturated heterocycles. The quantitative estimate of drug-likeness (QED) is 0.895. The number of amides is 1. The van der Waals surface area contributed by atoms with E-state index in [1.54, 1.807) is 0 Å². The highest BCUT2D eigenvalue weighted by Gasteiger charge is 2.37. The first-order chi connectivity index (χ1) is 10.8. The van der Waals surface area contributed by atoms with Gasteiger partial charge in [0.1, 0.15) is 5.69 Å². The van der Waals surface area contributed by atoms with Crippen molar-refractivity contribution >= 4 is 16.8 Å². The van der Waals surface area contributed by atoms with Gasteiger partial charge in [-0.25, -0.2) is 0 Å². The molecule has 2 aliphatic rings. The highest BCUT2D eigenvalue weighted by atomic mass is 16.2. The molecule has 4 heteroatoms. The number of likely N-dealkylation sites (tertiary alicyclic amines) is 1. The Balaban J connectivity index is 1.65. The van der Waals surface area contributed by atoms with Crippen LogP contribution in [0.2, 0.25) is 0 Å². The average Bonchev–Trinajstić information content (AvgIpc) is 3.15. The Kier molecular flexibility index (Phi) is 3.41. The molecule has 2 atom stereocenters. The van der Waals surface area contributed by atoms with Gasteiger partial charge in [-0.15, -0.1) is 0 Å². The summed E-state index contributed by atoms with van der Waals surface area (Å²) in [6.45, 7) is 4.96. The molecular weight excluding hydrogens is 274 g/mol. The second-order valence-corrected chi connectivity index (χ2v) is 6.55. The summed E-state index contributed by atoms with van der Waals surface area (Å²) in [4.78, 5) is 18.4. The van der Waals surface area contributed by atoms with Crippen LogP contribution in [0, 0.1) is 5.92 Å². The molecule has 2 aliphatic heterocycles. The number of fused-ring (bicyclic) bond motifs is 2. The maximum atomic E-state index is 13.0. The minimum atomic E-state index is 0.171. The predicted molar refractivity (Wildman–Crippen MR) is 88.1 cm³/mol. The van der Waals surface area contributed by atoms with Crippen LogP contribution in [-0.4, -0.2) is 41.5 Å². The van der Waals surface area contributed by atoms with Crippen LogP contribution in [0.25, 0.3) is 10.9 Å². The fourth-order valence-corrected chi connectivity index (χ4v) is 4.12. The Labute approximate surface area is 130 Å². The van der Waals surface area contributed by atoms with Crippen molar-refractivity contribution < 1.29 is 4.79 Å². The molecule has 2 N–H and O–H groups in total. The number of carbonyl (C=O) groups is 1. The molecule has 4 rings (SSSR count). The Morgan fingerprint density at radius 2 is 2.18 bits per heavy atom. The lowest BCUT2D eigenvalue weighted by molar-refractivity contribution is 0.0779. The van der Waals surface area contributed by atoms with Gasteiger partial charge >= 0.3 is 0 Å². The number of rotatable bonds is 2. The van der Waals surface area contributed by atoms with Gasteiger partial charge in [-0.1, -0.05) is 25.1 Å². The molecule has 0 saturated carbocycles. The number of piperidine rings is 1. The summed E-state index contributed by atoms with van der Waals surface area (Å²) >= 11 is 0. The van der Waals surface area contributed by atoms with Gasteiger partial charge in [0.25, 0.3) is 5.91 Å². The van der Waals surface area contributed by atoms with E-state index in [4.69, 9.17) is 0 Å². The van der Waals surface area contributed by atoms with Crippen LogP contribution in [0.15, 0.2) is 24.3 Å². The third-order valence-corrected chi connectivity index (χ3v) is 5.27. The van der Waals surface area contributed by atoms with Crippen molar-refractivity contribution in [3.8, 4) is 0 Å². The smallest absolute Gasteiger partial charge is 0.270 e. The maximum Gasteiger partial charge on any atom is 0.270 e. The van der Waals surface area contributed by atoms with Gasteiger partial charge in [0.05, 0.1) is 0 Å². The molecule has 0 bridgehead atoms. The van der Waals surface area contributed by atoms with Gasteiger partial charge in [-0.2, -0.15) is 0 Å². The van der Waals surface area contributed by atoms with Gasteiger partial charge in [-0.3, -0.25) is 4.79 Å². The van der Waals surface area contributed by atoms with Crippen molar-refractivity contribution in [2.24, 2.45) is 5.92 Å². The van der Waals surface area contributed by atoms with Gasteiger partial charge < -0.3 is 15.2 Å². The summed E-state index contributed by atoms with van der Waals surface area (Å²) in [5, 5.41) is 4.75. The number of hydrogen-bond acceptors (Lipinski definition) is 2. The number of aryl methyl sites for hydroxylation is 1. The summed E-state index contributed by atoms with van der Waals surface area (Å²) in [6.07, 6.45) is 3.36. The molecular formula is C18H23N3O. The van der Waals surface area contributed by atoms with E-state index in [1.807, 2.05) is 17.0 Å². The number of nitrogens with one attached hydrogen (secondary N) is 2. The number of aromatic amines is 1. The first-order valence-corrected chi connectivity index (χ1v) is 8.40. The summed E-state index contributed by atoms with van der Waals surface area (Å²) in [5.74, 6) is 0.802. The molecule has 3 heterocycles. The molecule has 22 heavy (non-hydrogen) atoms. The second-order valence-electron chi connectivity index (χ2n) is 6.55. The van der Waals surface area contributed by atoms with Crippen molar-refractivity contribution in [1.29, 1.82) is 0 Å². The van der Waals surface area contributed by atoms with Gasteiger partial charge in [-0.05, 0) is 43.4 Å². The third kappa shape index (κ3) is 2.13. The maximum absolute atomic E-state index is 13.0. The van der Waals surface area contributed by atoms with Crippen LogP contribution >= 0.6 is 0 Å². The zero-order chi connectivity index (χ0) is 15.1. The normalized spacial score (nSPS) is 24.7. The molecule has 116 valence electrons. The lowest BCUT2D eigenvalue weighted by Gasteiger charge is -2.24. The Morgan fingerprint density at radius 3 is 3.00 bits per heavy atom. The largest absolute Gasteiger partial charge is 0.350 e. The molecule has 0 radical (unpaired) electrons. The number of aromatic nitrogens is 1. The van der Waals surface area contributed by atoms with Crippen LogP contribution in [0.1, 0.15) is 35.8 Å². The van der Waals surface area contributed by atoms with Gasteiger partial charge in [0.15, 0.2) is 0 Å². The highest BCUT2D eigenvalue weighted by Crippen LogP contribution is 2.29. The molecule has 2 fully saturated rings. The topological polar surface area (TPSA) is 48.1 Å². The zero-order valence-corrected chi connectivity index (χ0v) is 13.1. The number of H-pyrrole nitrogens is 1. The summed E-state index contributed by atoms with van der Waals surface area (Å²) in [6, 6.07) is 8.70. The first-order valence-electron chi connectivity index (χ1n) is 8.40. The number of nitrogens with zero attached hydrogens (tertiary/aromatic N) is 1. The summed E-state index contributed by atoms with van der Waals surface area (Å²) in [5.41, 5.74) is 3.02. The van der Waals surface area contributed by atoms with Crippen LogP contribution in [0.4, 0.5) is 0 Å². The van der Waals surface area contributed by atoms with Crippen LogP contribution < -0.4 is 5.32 Å². The van der Waals surface area contributed by atoms with E-state index in [1.165, 1.54) is 18.2 Å². The molecule has 1 aromatic carbocycles. The van der Waals surface area contributed by atoms with Crippen molar-refractivity contribution in [2.45, 2.75) is 32.2 Å². The van der Waals surface area contributed by atoms with E-state index in [0.29, 0.717) is 12.0 Å². The van der Waals surface area contributed by atoms with Crippen molar-refractivity contribution in [3.05, 3.63) is 35.5 Å². The minimum Gasteiger partial charge on any atom is -0.350 e. The number of carbonyl (C=O) groups excluding carboxylic acids is 1. The zero-order valence-electron chi connectivity index (χ0n) is 13.1. The van der Waals surface area contributed by atoms with E-state index in [-0.39, 0.29) is 5.91 Å². The molecule has 0 unspecified atom stereocenters. The molecule has 0 aliphatic carbocycles. The van der Waals surface area contributed by atoms with Gasteiger partial charge in [0, 0.05) is 30.0 Å². The van der Waals surface area contributed by atoms with Gasteiger partial charge in [0.2, 0.25) is 0 Å². The second kappa shape index (κ2) is 5.43. The molecule has 2 aromatic rings. The van der Waals surface area contributed by atoms with E-state index < -0.39 is 0 Å². The lowest BCUT2D eigenvalue weighted by atomic mass is 9.94. The third-order valence-electron chi connectivity index (χ3n) is 5.27. The number of benzene rings is 1. The highest BCUT2D eigenvalue weighted by molar-refractivity contribution is 6.01. The van der Waals surface area contributed by atoms with E-state index in [9.17, 15) is 4.79 Å². The Morgan fingerprint density at radius 1 is 1.32 bits per heavy atom. The minimum absolute atomic E-state index is 0.171. The van der Waals surface area contributed by atoms with Crippen LogP contribution in [0.3, 0.4) is 0 Å². The lowest BCUT2D eigenvalue weighted by Crippen LogP contribution is -2.41. The fourth-order valence-electron chi connectivity index (χ4n) is 4.12. The molecule has 4 nitrogen and oxygen atoms in total.